The Bertz CT molecular complexity index is 679. The fourth-order valence-electron chi connectivity index (χ4n) is 3.27. The third-order valence-corrected chi connectivity index (χ3v) is 4.75. The van der Waals surface area contributed by atoms with Crippen LogP contribution < -0.4 is 5.32 Å². The summed E-state index contributed by atoms with van der Waals surface area (Å²) in [7, 11) is 0. The molecule has 5 heteroatoms. The number of hydrogen-bond donors (Lipinski definition) is 1. The number of amides is 1. The van der Waals surface area contributed by atoms with Crippen LogP contribution in [0.25, 0.3) is 0 Å². The lowest BCUT2D eigenvalue weighted by Gasteiger charge is -2.37. The Morgan fingerprint density at radius 3 is 2.44 bits per heavy atom. The molecule has 1 saturated heterocycles. The van der Waals surface area contributed by atoms with Gasteiger partial charge in [0.2, 0.25) is 5.91 Å². The molecule has 2 aromatic rings. The number of aromatic nitrogens is 1. The van der Waals surface area contributed by atoms with Crippen LogP contribution in [0.3, 0.4) is 0 Å². The predicted molar refractivity (Wildman–Crippen MR) is 100 cm³/mol. The van der Waals surface area contributed by atoms with E-state index in [4.69, 9.17) is 0 Å². The van der Waals surface area contributed by atoms with E-state index in [0.29, 0.717) is 6.04 Å². The van der Waals surface area contributed by atoms with Crippen LogP contribution in [0.4, 0.5) is 5.69 Å². The second kappa shape index (κ2) is 8.23. The highest BCUT2D eigenvalue weighted by Crippen LogP contribution is 2.20. The van der Waals surface area contributed by atoms with E-state index in [1.807, 2.05) is 24.4 Å². The van der Waals surface area contributed by atoms with Gasteiger partial charge in [-0.1, -0.05) is 18.2 Å². The number of nitrogens with one attached hydrogen (secondary N) is 1. The second-order valence-corrected chi connectivity index (χ2v) is 6.62. The van der Waals surface area contributed by atoms with Gasteiger partial charge in [0.05, 0.1) is 5.69 Å². The van der Waals surface area contributed by atoms with Crippen molar-refractivity contribution < 1.29 is 4.79 Å². The van der Waals surface area contributed by atoms with Gasteiger partial charge in [-0.3, -0.25) is 19.6 Å². The average Bonchev–Trinajstić information content (AvgIpc) is 2.64. The number of carbonyl (C=O) groups excluding carboxylic acids is 1. The molecule has 1 amide bonds. The summed E-state index contributed by atoms with van der Waals surface area (Å²) < 4.78 is 0. The minimum atomic E-state index is -0.0362. The van der Waals surface area contributed by atoms with Crippen LogP contribution in [-0.4, -0.2) is 46.9 Å². The van der Waals surface area contributed by atoms with E-state index in [0.717, 1.165) is 44.1 Å². The van der Waals surface area contributed by atoms with Gasteiger partial charge in [0.15, 0.2) is 0 Å². The van der Waals surface area contributed by atoms with E-state index in [-0.39, 0.29) is 5.91 Å². The quantitative estimate of drug-likeness (QED) is 0.911. The van der Waals surface area contributed by atoms with Gasteiger partial charge in [-0.05, 0) is 36.8 Å². The maximum Gasteiger partial charge on any atom is 0.221 e. The smallest absolute Gasteiger partial charge is 0.221 e. The first-order valence-electron chi connectivity index (χ1n) is 8.85. The summed E-state index contributed by atoms with van der Waals surface area (Å²) in [5.74, 6) is -0.0362. The van der Waals surface area contributed by atoms with E-state index < -0.39 is 0 Å². The third kappa shape index (κ3) is 4.87. The summed E-state index contributed by atoms with van der Waals surface area (Å²) >= 11 is 0. The van der Waals surface area contributed by atoms with Crippen molar-refractivity contribution in [1.82, 2.24) is 14.8 Å². The zero-order chi connectivity index (χ0) is 17.6. The number of rotatable bonds is 5. The van der Waals surface area contributed by atoms with Crippen LogP contribution in [-0.2, 0) is 11.3 Å². The van der Waals surface area contributed by atoms with Crippen LogP contribution in [0.1, 0.15) is 31.1 Å². The Balaban J connectivity index is 1.50. The molecule has 1 aliphatic heterocycles. The highest BCUT2D eigenvalue weighted by molar-refractivity contribution is 5.88. The monoisotopic (exact) mass is 338 g/mol. The molecule has 1 aromatic carbocycles. The average molecular weight is 338 g/mol. The molecule has 25 heavy (non-hydrogen) atoms. The summed E-state index contributed by atoms with van der Waals surface area (Å²) in [5.41, 5.74) is 3.27. The number of benzene rings is 1. The molecule has 1 N–H and O–H groups in total. The Kier molecular flexibility index (Phi) is 5.79. The Morgan fingerprint density at radius 1 is 1.12 bits per heavy atom. The molecule has 0 bridgehead atoms. The van der Waals surface area contributed by atoms with Crippen LogP contribution in [0.15, 0.2) is 48.7 Å². The number of nitrogens with zero attached hydrogens (tertiary/aromatic N) is 3. The largest absolute Gasteiger partial charge is 0.326 e. The predicted octanol–water partition coefficient (Wildman–Crippen LogP) is 2.92. The molecule has 0 radical (unpaired) electrons. The van der Waals surface area contributed by atoms with Crippen molar-refractivity contribution >= 4 is 11.6 Å². The summed E-state index contributed by atoms with van der Waals surface area (Å²) in [5, 5.41) is 2.80. The molecular weight excluding hydrogens is 312 g/mol. The number of carbonyl (C=O) groups is 1. The SMILES string of the molecule is CC(=O)Nc1ccc(CN2CCN([C@@H](C)c3ccccn3)CC2)cc1. The van der Waals surface area contributed by atoms with E-state index in [1.165, 1.54) is 12.5 Å². The fraction of sp³-hybridized carbons (Fsp3) is 0.400. The fourth-order valence-corrected chi connectivity index (χ4v) is 3.27. The van der Waals surface area contributed by atoms with E-state index in [1.54, 1.807) is 0 Å². The topological polar surface area (TPSA) is 48.5 Å². The van der Waals surface area contributed by atoms with Crippen LogP contribution in [0, 0.1) is 0 Å². The summed E-state index contributed by atoms with van der Waals surface area (Å²) in [6.07, 6.45) is 1.87. The number of pyridine rings is 1. The maximum atomic E-state index is 11.1. The third-order valence-electron chi connectivity index (χ3n) is 4.75. The lowest BCUT2D eigenvalue weighted by molar-refractivity contribution is -0.114. The van der Waals surface area contributed by atoms with Crippen LogP contribution in [0.5, 0.6) is 0 Å². The zero-order valence-electron chi connectivity index (χ0n) is 15.0. The summed E-state index contributed by atoms with van der Waals surface area (Å²) in [6, 6.07) is 14.6. The molecule has 1 aliphatic rings. The molecule has 1 atom stereocenters. The van der Waals surface area contributed by atoms with Crippen molar-refractivity contribution in [3.05, 3.63) is 59.9 Å². The molecule has 132 valence electrons. The molecular formula is C20H26N4O. The van der Waals surface area contributed by atoms with Gasteiger partial charge in [-0.15, -0.1) is 0 Å². The van der Waals surface area contributed by atoms with Gasteiger partial charge < -0.3 is 5.32 Å². The van der Waals surface area contributed by atoms with Crippen molar-refractivity contribution in [2.45, 2.75) is 26.4 Å². The Hall–Kier alpha value is -2.24. The Labute approximate surface area is 149 Å². The first-order valence-corrected chi connectivity index (χ1v) is 8.85. The van der Waals surface area contributed by atoms with Gasteiger partial charge in [-0.2, -0.15) is 0 Å². The summed E-state index contributed by atoms with van der Waals surface area (Å²) in [6.45, 7) is 8.95. The van der Waals surface area contributed by atoms with Crippen molar-refractivity contribution in [2.24, 2.45) is 0 Å². The molecule has 1 fully saturated rings. The second-order valence-electron chi connectivity index (χ2n) is 6.62. The molecule has 5 nitrogen and oxygen atoms in total. The minimum Gasteiger partial charge on any atom is -0.326 e. The molecule has 0 unspecified atom stereocenters. The van der Waals surface area contributed by atoms with Gasteiger partial charge in [0.25, 0.3) is 0 Å². The lowest BCUT2D eigenvalue weighted by atomic mass is 10.1. The first kappa shape index (κ1) is 17.6. The van der Waals surface area contributed by atoms with E-state index >= 15 is 0 Å². The summed E-state index contributed by atoms with van der Waals surface area (Å²) in [4.78, 5) is 20.5. The first-order chi connectivity index (χ1) is 12.1. The highest BCUT2D eigenvalue weighted by Gasteiger charge is 2.22. The van der Waals surface area contributed by atoms with Crippen LogP contribution in [0.2, 0.25) is 0 Å². The van der Waals surface area contributed by atoms with Crippen molar-refractivity contribution in [1.29, 1.82) is 0 Å². The van der Waals surface area contributed by atoms with Gasteiger partial charge >= 0.3 is 0 Å². The molecule has 0 saturated carbocycles. The minimum absolute atomic E-state index is 0.0362. The number of piperazine rings is 1. The van der Waals surface area contributed by atoms with Crippen LogP contribution >= 0.6 is 0 Å². The van der Waals surface area contributed by atoms with Crippen molar-refractivity contribution in [3.63, 3.8) is 0 Å². The Morgan fingerprint density at radius 2 is 1.84 bits per heavy atom. The van der Waals surface area contributed by atoms with Gasteiger partial charge in [0.1, 0.15) is 0 Å². The van der Waals surface area contributed by atoms with Crippen molar-refractivity contribution in [3.8, 4) is 0 Å². The van der Waals surface area contributed by atoms with Crippen molar-refractivity contribution in [2.75, 3.05) is 31.5 Å². The highest BCUT2D eigenvalue weighted by atomic mass is 16.1. The number of hydrogen-bond acceptors (Lipinski definition) is 4. The maximum absolute atomic E-state index is 11.1. The van der Waals surface area contributed by atoms with E-state index in [9.17, 15) is 4.79 Å². The normalized spacial score (nSPS) is 17.2. The lowest BCUT2D eigenvalue weighted by Crippen LogP contribution is -2.46. The van der Waals surface area contributed by atoms with E-state index in [2.05, 4.69) is 51.3 Å². The molecule has 1 aromatic heterocycles. The zero-order valence-corrected chi connectivity index (χ0v) is 15.0. The molecule has 0 spiro atoms. The number of anilines is 1. The van der Waals surface area contributed by atoms with Gasteiger partial charge in [0, 0.05) is 57.6 Å². The van der Waals surface area contributed by atoms with Gasteiger partial charge in [-0.25, -0.2) is 0 Å². The molecule has 0 aliphatic carbocycles. The molecule has 3 rings (SSSR count). The molecule has 2 heterocycles. The standard InChI is InChI=1S/C20H26N4O/c1-16(20-5-3-4-10-21-20)24-13-11-23(12-14-24)15-18-6-8-19(9-7-18)22-17(2)25/h3-10,16H,11-15H2,1-2H3,(H,22,25)/t16-/m0/s1.